The van der Waals surface area contributed by atoms with E-state index in [1.165, 1.54) is 4.90 Å². The molecule has 0 aromatic rings. The van der Waals surface area contributed by atoms with Crippen molar-refractivity contribution in [1.29, 1.82) is 0 Å². The van der Waals surface area contributed by atoms with E-state index >= 15 is 0 Å². The Morgan fingerprint density at radius 3 is 2.77 bits per heavy atom. The molecule has 2 heterocycles. The molecule has 1 unspecified atom stereocenters. The van der Waals surface area contributed by atoms with Gasteiger partial charge in [0.1, 0.15) is 6.04 Å². The Morgan fingerprint density at radius 1 is 1.41 bits per heavy atom. The number of amides is 4. The van der Waals surface area contributed by atoms with Gasteiger partial charge in [0.05, 0.1) is 0 Å². The van der Waals surface area contributed by atoms with Crippen LogP contribution in [0.1, 0.15) is 12.8 Å². The van der Waals surface area contributed by atoms with Crippen LogP contribution in [0.25, 0.3) is 0 Å². The molecule has 0 radical (unpaired) electrons. The fraction of sp³-hybridized carbons (Fsp3) is 0.333. The number of imide groups is 1. The maximum atomic E-state index is 12.3. The minimum atomic E-state index is -0.658. The van der Waals surface area contributed by atoms with E-state index in [-0.39, 0.29) is 31.3 Å². The normalized spacial score (nSPS) is 23.7. The van der Waals surface area contributed by atoms with Crippen LogP contribution in [0.15, 0.2) is 36.0 Å². The molecular formula is C15H17N3O4. The first-order chi connectivity index (χ1) is 10.4. The minimum absolute atomic E-state index is 0.210. The first-order valence-corrected chi connectivity index (χ1v) is 6.83. The Labute approximate surface area is 127 Å². The number of piperidine rings is 1. The standard InChI is InChI=1S/C15H17N3O4/c1-9(6-16-8-19)5-11-7-18(15(22)10(11)2)12-3-4-13(20)17-14(12)21/h5,8,12H,1-4,6-7H2,(H,16,19)(H,17,20,21)/b11-5-. The molecule has 2 aliphatic rings. The molecule has 0 aliphatic carbocycles. The molecule has 2 fully saturated rings. The van der Waals surface area contributed by atoms with E-state index in [2.05, 4.69) is 23.8 Å². The Kier molecular flexibility index (Phi) is 4.55. The number of nitrogens with one attached hydrogen (secondary N) is 2. The summed E-state index contributed by atoms with van der Waals surface area (Å²) in [5.41, 5.74) is 1.59. The summed E-state index contributed by atoms with van der Waals surface area (Å²) >= 11 is 0. The third-order valence-electron chi connectivity index (χ3n) is 3.62. The fourth-order valence-electron chi connectivity index (χ4n) is 2.50. The number of likely N-dealkylation sites (tertiary alicyclic amines) is 1. The topological polar surface area (TPSA) is 95.6 Å². The molecule has 22 heavy (non-hydrogen) atoms. The van der Waals surface area contributed by atoms with Crippen molar-refractivity contribution in [3.63, 3.8) is 0 Å². The highest BCUT2D eigenvalue weighted by Gasteiger charge is 2.39. The first kappa shape index (κ1) is 15.7. The van der Waals surface area contributed by atoms with Gasteiger partial charge >= 0.3 is 0 Å². The average molecular weight is 303 g/mol. The molecule has 7 heteroatoms. The van der Waals surface area contributed by atoms with E-state index in [1.54, 1.807) is 6.08 Å². The molecule has 1 atom stereocenters. The summed E-state index contributed by atoms with van der Waals surface area (Å²) in [6.45, 7) is 8.04. The van der Waals surface area contributed by atoms with Gasteiger partial charge in [0, 0.05) is 25.1 Å². The molecule has 2 saturated heterocycles. The highest BCUT2D eigenvalue weighted by molar-refractivity contribution is 6.06. The number of hydrogen-bond donors (Lipinski definition) is 2. The third-order valence-corrected chi connectivity index (χ3v) is 3.62. The summed E-state index contributed by atoms with van der Waals surface area (Å²) in [7, 11) is 0. The van der Waals surface area contributed by atoms with Crippen LogP contribution in [0.5, 0.6) is 0 Å². The maximum Gasteiger partial charge on any atom is 0.254 e. The van der Waals surface area contributed by atoms with Gasteiger partial charge in [-0.05, 0) is 17.6 Å². The van der Waals surface area contributed by atoms with E-state index in [9.17, 15) is 19.2 Å². The average Bonchev–Trinajstić information content (AvgIpc) is 2.74. The van der Waals surface area contributed by atoms with Crippen LogP contribution >= 0.6 is 0 Å². The van der Waals surface area contributed by atoms with Crippen molar-refractivity contribution >= 4 is 24.1 Å². The molecule has 0 saturated carbocycles. The largest absolute Gasteiger partial charge is 0.355 e. The molecule has 0 aromatic carbocycles. The Balaban J connectivity index is 2.11. The van der Waals surface area contributed by atoms with Crippen molar-refractivity contribution in [2.24, 2.45) is 0 Å². The molecule has 0 spiro atoms. The molecular weight excluding hydrogens is 286 g/mol. The number of nitrogens with zero attached hydrogens (tertiary/aromatic N) is 1. The van der Waals surface area contributed by atoms with Gasteiger partial charge in [-0.2, -0.15) is 0 Å². The van der Waals surface area contributed by atoms with E-state index in [4.69, 9.17) is 0 Å². The van der Waals surface area contributed by atoms with Gasteiger partial charge in [-0.3, -0.25) is 24.5 Å². The van der Waals surface area contributed by atoms with E-state index in [1.807, 2.05) is 0 Å². The van der Waals surface area contributed by atoms with Gasteiger partial charge < -0.3 is 10.2 Å². The zero-order chi connectivity index (χ0) is 16.3. The molecule has 2 rings (SSSR count). The second kappa shape index (κ2) is 6.38. The Morgan fingerprint density at radius 2 is 2.14 bits per heavy atom. The van der Waals surface area contributed by atoms with Crippen LogP contribution in [0.4, 0.5) is 0 Å². The van der Waals surface area contributed by atoms with Gasteiger partial charge in [-0.15, -0.1) is 0 Å². The van der Waals surface area contributed by atoms with Gasteiger partial charge in [0.25, 0.3) is 5.91 Å². The monoisotopic (exact) mass is 303 g/mol. The van der Waals surface area contributed by atoms with Crippen LogP contribution < -0.4 is 10.6 Å². The molecule has 2 N–H and O–H groups in total. The van der Waals surface area contributed by atoms with E-state index < -0.39 is 11.9 Å². The van der Waals surface area contributed by atoms with Gasteiger partial charge in [-0.25, -0.2) is 0 Å². The lowest BCUT2D eigenvalue weighted by molar-refractivity contribution is -0.142. The lowest BCUT2D eigenvalue weighted by Crippen LogP contribution is -2.52. The summed E-state index contributed by atoms with van der Waals surface area (Å²) in [6, 6.07) is -0.658. The number of carbonyl (C=O) groups is 4. The van der Waals surface area contributed by atoms with Crippen molar-refractivity contribution in [2.45, 2.75) is 18.9 Å². The lowest BCUT2D eigenvalue weighted by atomic mass is 10.0. The second-order valence-electron chi connectivity index (χ2n) is 5.21. The van der Waals surface area contributed by atoms with Crippen LogP contribution in [0.2, 0.25) is 0 Å². The van der Waals surface area contributed by atoms with Gasteiger partial charge in [-0.1, -0.05) is 19.2 Å². The summed E-state index contributed by atoms with van der Waals surface area (Å²) in [5, 5.41) is 4.72. The van der Waals surface area contributed by atoms with Crippen LogP contribution in [-0.2, 0) is 19.2 Å². The zero-order valence-corrected chi connectivity index (χ0v) is 12.1. The summed E-state index contributed by atoms with van der Waals surface area (Å²) < 4.78 is 0. The SMILES string of the molecule is C=C(/C=C1/CN(C2CCC(=O)NC2=O)C(=O)C1=C)CNC=O. The van der Waals surface area contributed by atoms with Gasteiger partial charge in [0.2, 0.25) is 18.2 Å². The highest BCUT2D eigenvalue weighted by atomic mass is 16.2. The van der Waals surface area contributed by atoms with Crippen LogP contribution in [0, 0.1) is 0 Å². The van der Waals surface area contributed by atoms with Crippen molar-refractivity contribution in [3.05, 3.63) is 36.0 Å². The van der Waals surface area contributed by atoms with Crippen molar-refractivity contribution < 1.29 is 19.2 Å². The third kappa shape index (κ3) is 3.13. The predicted molar refractivity (Wildman–Crippen MR) is 78.3 cm³/mol. The number of carbonyl (C=O) groups excluding carboxylic acids is 4. The van der Waals surface area contributed by atoms with Gasteiger partial charge in [0.15, 0.2) is 0 Å². The zero-order valence-electron chi connectivity index (χ0n) is 12.1. The summed E-state index contributed by atoms with van der Waals surface area (Å²) in [4.78, 5) is 47.0. The molecule has 116 valence electrons. The van der Waals surface area contributed by atoms with E-state index in [0.29, 0.717) is 29.6 Å². The molecule has 4 amide bonds. The first-order valence-electron chi connectivity index (χ1n) is 6.83. The van der Waals surface area contributed by atoms with Crippen molar-refractivity contribution in [2.75, 3.05) is 13.1 Å². The predicted octanol–water partition coefficient (Wildman–Crippen LogP) is -0.581. The molecule has 2 aliphatic heterocycles. The highest BCUT2D eigenvalue weighted by Crippen LogP contribution is 2.27. The second-order valence-corrected chi connectivity index (χ2v) is 5.21. The maximum absolute atomic E-state index is 12.3. The lowest BCUT2D eigenvalue weighted by Gasteiger charge is -2.28. The summed E-state index contributed by atoms with van der Waals surface area (Å²) in [5.74, 6) is -1.10. The smallest absolute Gasteiger partial charge is 0.254 e. The quantitative estimate of drug-likeness (QED) is 0.403. The fourth-order valence-corrected chi connectivity index (χ4v) is 2.50. The number of rotatable bonds is 5. The Bertz CT molecular complexity index is 606. The molecule has 7 nitrogen and oxygen atoms in total. The van der Waals surface area contributed by atoms with Crippen LogP contribution in [-0.4, -0.2) is 48.2 Å². The van der Waals surface area contributed by atoms with Crippen molar-refractivity contribution in [3.8, 4) is 0 Å². The Hall–Kier alpha value is -2.70. The van der Waals surface area contributed by atoms with Crippen molar-refractivity contribution in [1.82, 2.24) is 15.5 Å². The molecule has 0 aromatic heterocycles. The minimum Gasteiger partial charge on any atom is -0.355 e. The number of hydrogen-bond acceptors (Lipinski definition) is 4. The van der Waals surface area contributed by atoms with E-state index in [0.717, 1.165) is 0 Å². The summed E-state index contributed by atoms with van der Waals surface area (Å²) in [6.07, 6.45) is 2.77. The molecule has 0 bridgehead atoms. The van der Waals surface area contributed by atoms with Crippen LogP contribution in [0.3, 0.4) is 0 Å².